The highest BCUT2D eigenvalue weighted by molar-refractivity contribution is 6.31. The van der Waals surface area contributed by atoms with Crippen LogP contribution in [0, 0.1) is 16.7 Å². The summed E-state index contributed by atoms with van der Waals surface area (Å²) in [5, 5.41) is 0.581. The van der Waals surface area contributed by atoms with E-state index in [9.17, 15) is 4.79 Å². The fourth-order valence-corrected chi connectivity index (χ4v) is 3.02. The Balaban J connectivity index is 2.13. The van der Waals surface area contributed by atoms with Gasteiger partial charge >= 0.3 is 0 Å². The van der Waals surface area contributed by atoms with Gasteiger partial charge in [-0.05, 0) is 22.5 Å². The number of pyridine rings is 1. The van der Waals surface area contributed by atoms with Crippen molar-refractivity contribution in [3.8, 4) is 0 Å². The zero-order chi connectivity index (χ0) is 12.8. The molecule has 1 aliphatic rings. The Labute approximate surface area is 107 Å². The summed E-state index contributed by atoms with van der Waals surface area (Å²) in [6.07, 6.45) is 3.68. The average molecular weight is 252 g/mol. The monoisotopic (exact) mass is 251 g/mol. The van der Waals surface area contributed by atoms with Gasteiger partial charge in [0.05, 0.1) is 5.02 Å². The summed E-state index contributed by atoms with van der Waals surface area (Å²) in [5.74, 6) is 0.423. The molecule has 0 aromatic carbocycles. The lowest BCUT2D eigenvalue weighted by Crippen LogP contribution is -2.10. The van der Waals surface area contributed by atoms with Crippen LogP contribution in [0.5, 0.6) is 0 Å². The van der Waals surface area contributed by atoms with Gasteiger partial charge in [0, 0.05) is 24.7 Å². The topological polar surface area (TPSA) is 30.0 Å². The van der Waals surface area contributed by atoms with Crippen LogP contribution in [-0.2, 0) is 11.2 Å². The third kappa shape index (κ3) is 1.89. The Kier molecular flexibility index (Phi) is 2.81. The van der Waals surface area contributed by atoms with Crippen LogP contribution in [0.3, 0.4) is 0 Å². The molecule has 3 heteroatoms. The second-order valence-electron chi connectivity index (χ2n) is 5.99. The van der Waals surface area contributed by atoms with Crippen molar-refractivity contribution in [1.29, 1.82) is 0 Å². The van der Waals surface area contributed by atoms with Crippen LogP contribution in [0.1, 0.15) is 33.3 Å². The summed E-state index contributed by atoms with van der Waals surface area (Å²) < 4.78 is 0. The van der Waals surface area contributed by atoms with Crippen LogP contribution in [0.25, 0.3) is 0 Å². The van der Waals surface area contributed by atoms with Crippen molar-refractivity contribution in [2.45, 2.75) is 34.1 Å². The van der Waals surface area contributed by atoms with E-state index in [0.717, 1.165) is 5.56 Å². The number of nitrogens with zero attached hydrogens (tertiary/aromatic N) is 1. The van der Waals surface area contributed by atoms with Crippen molar-refractivity contribution >= 4 is 17.4 Å². The first kappa shape index (κ1) is 12.6. The second-order valence-corrected chi connectivity index (χ2v) is 6.39. The van der Waals surface area contributed by atoms with Crippen molar-refractivity contribution in [3.63, 3.8) is 0 Å². The Morgan fingerprint density at radius 3 is 2.41 bits per heavy atom. The fraction of sp³-hybridized carbons (Fsp3) is 0.571. The Morgan fingerprint density at radius 1 is 1.35 bits per heavy atom. The molecule has 92 valence electrons. The largest absolute Gasteiger partial charge is 0.299 e. The Bertz CT molecular complexity index is 451. The van der Waals surface area contributed by atoms with Crippen molar-refractivity contribution in [2.75, 3.05) is 0 Å². The normalized spacial score (nSPS) is 21.2. The van der Waals surface area contributed by atoms with Gasteiger partial charge in [-0.3, -0.25) is 9.78 Å². The SMILES string of the molecule is CC1(C)C(C(=O)Cc2ccncc2Cl)C1(C)C. The third-order valence-corrected chi connectivity index (χ3v) is 4.90. The molecule has 0 radical (unpaired) electrons. The highest BCUT2D eigenvalue weighted by Crippen LogP contribution is 2.68. The lowest BCUT2D eigenvalue weighted by molar-refractivity contribution is -0.120. The van der Waals surface area contributed by atoms with E-state index in [0.29, 0.717) is 11.4 Å². The van der Waals surface area contributed by atoms with E-state index in [2.05, 4.69) is 32.7 Å². The molecule has 0 atom stereocenters. The molecule has 0 N–H and O–H groups in total. The van der Waals surface area contributed by atoms with Crippen LogP contribution in [0.4, 0.5) is 0 Å². The second kappa shape index (κ2) is 3.81. The van der Waals surface area contributed by atoms with E-state index in [-0.39, 0.29) is 22.5 Å². The van der Waals surface area contributed by atoms with E-state index in [1.807, 2.05) is 6.07 Å². The first-order chi connectivity index (χ1) is 7.78. The van der Waals surface area contributed by atoms with Gasteiger partial charge in [0.2, 0.25) is 0 Å². The molecule has 2 rings (SSSR count). The molecular weight excluding hydrogens is 234 g/mol. The van der Waals surface area contributed by atoms with Gasteiger partial charge in [0.15, 0.2) is 0 Å². The van der Waals surface area contributed by atoms with Crippen LogP contribution in [0.15, 0.2) is 18.5 Å². The predicted molar refractivity (Wildman–Crippen MR) is 69.0 cm³/mol. The molecule has 1 aliphatic carbocycles. The highest BCUT2D eigenvalue weighted by Gasteiger charge is 2.67. The van der Waals surface area contributed by atoms with E-state index in [1.54, 1.807) is 12.4 Å². The van der Waals surface area contributed by atoms with Gasteiger partial charge in [-0.25, -0.2) is 0 Å². The van der Waals surface area contributed by atoms with Crippen molar-refractivity contribution in [1.82, 2.24) is 4.98 Å². The van der Waals surface area contributed by atoms with Crippen LogP contribution in [0.2, 0.25) is 5.02 Å². The number of hydrogen-bond acceptors (Lipinski definition) is 2. The molecule has 17 heavy (non-hydrogen) atoms. The van der Waals surface area contributed by atoms with Gasteiger partial charge in [-0.1, -0.05) is 39.3 Å². The van der Waals surface area contributed by atoms with Gasteiger partial charge in [0.1, 0.15) is 5.78 Å². The van der Waals surface area contributed by atoms with Gasteiger partial charge in [-0.2, -0.15) is 0 Å². The summed E-state index contributed by atoms with van der Waals surface area (Å²) in [4.78, 5) is 16.2. The van der Waals surface area contributed by atoms with Crippen molar-refractivity contribution in [2.24, 2.45) is 16.7 Å². The summed E-state index contributed by atoms with van der Waals surface area (Å²) in [7, 11) is 0. The number of hydrogen-bond donors (Lipinski definition) is 0. The molecule has 0 amide bonds. The van der Waals surface area contributed by atoms with Gasteiger partial charge in [0.25, 0.3) is 0 Å². The maximum atomic E-state index is 12.3. The van der Waals surface area contributed by atoms with E-state index < -0.39 is 0 Å². The molecule has 0 unspecified atom stereocenters. The maximum absolute atomic E-state index is 12.3. The zero-order valence-corrected chi connectivity index (χ0v) is 11.5. The number of carbonyl (C=O) groups is 1. The molecule has 0 spiro atoms. The maximum Gasteiger partial charge on any atom is 0.141 e. The van der Waals surface area contributed by atoms with Crippen LogP contribution >= 0.6 is 11.6 Å². The summed E-state index contributed by atoms with van der Waals surface area (Å²) >= 11 is 6.02. The fourth-order valence-electron chi connectivity index (χ4n) is 2.84. The number of halogens is 1. The first-order valence-electron chi connectivity index (χ1n) is 5.89. The molecule has 1 heterocycles. The van der Waals surface area contributed by atoms with Crippen LogP contribution < -0.4 is 0 Å². The molecule has 1 fully saturated rings. The molecule has 0 bridgehead atoms. The summed E-state index contributed by atoms with van der Waals surface area (Å²) in [6, 6.07) is 1.82. The smallest absolute Gasteiger partial charge is 0.141 e. The number of aromatic nitrogens is 1. The van der Waals surface area contributed by atoms with Crippen molar-refractivity contribution < 1.29 is 4.79 Å². The number of rotatable bonds is 3. The minimum Gasteiger partial charge on any atom is -0.299 e. The third-order valence-electron chi connectivity index (χ3n) is 4.56. The minimum atomic E-state index is 0.101. The molecule has 1 aromatic heterocycles. The Morgan fingerprint density at radius 2 is 1.94 bits per heavy atom. The quantitative estimate of drug-likeness (QED) is 0.823. The first-order valence-corrected chi connectivity index (χ1v) is 6.27. The lowest BCUT2D eigenvalue weighted by Gasteiger charge is -2.04. The molecule has 2 nitrogen and oxygen atoms in total. The Hall–Kier alpha value is -0.890. The van der Waals surface area contributed by atoms with Gasteiger partial charge < -0.3 is 0 Å². The average Bonchev–Trinajstić information content (AvgIpc) is 2.61. The van der Waals surface area contributed by atoms with E-state index in [1.165, 1.54) is 0 Å². The summed E-state index contributed by atoms with van der Waals surface area (Å²) in [6.45, 7) is 8.63. The zero-order valence-electron chi connectivity index (χ0n) is 10.7. The molecule has 1 aromatic rings. The predicted octanol–water partition coefficient (Wildman–Crippen LogP) is 3.53. The van der Waals surface area contributed by atoms with Crippen LogP contribution in [-0.4, -0.2) is 10.8 Å². The molecule has 1 saturated carbocycles. The van der Waals surface area contributed by atoms with E-state index >= 15 is 0 Å². The van der Waals surface area contributed by atoms with E-state index in [4.69, 9.17) is 11.6 Å². The number of Topliss-reactive ketones (excluding diaryl/α,β-unsaturated/α-hetero) is 1. The molecule has 0 aliphatic heterocycles. The standard InChI is InChI=1S/C14H18ClNO/c1-13(2)12(14(13,3)4)11(17)7-9-5-6-16-8-10(9)15/h5-6,8,12H,7H2,1-4H3. The highest BCUT2D eigenvalue weighted by atomic mass is 35.5. The summed E-state index contributed by atoms with van der Waals surface area (Å²) in [5.41, 5.74) is 1.08. The number of carbonyl (C=O) groups excluding carboxylic acids is 1. The minimum absolute atomic E-state index is 0.101. The van der Waals surface area contributed by atoms with Crippen molar-refractivity contribution in [3.05, 3.63) is 29.0 Å². The number of ketones is 1. The molecule has 0 saturated heterocycles. The van der Waals surface area contributed by atoms with Gasteiger partial charge in [-0.15, -0.1) is 0 Å². The molecular formula is C14H18ClNO. The lowest BCUT2D eigenvalue weighted by atomic mass is 10.0.